The lowest BCUT2D eigenvalue weighted by Crippen LogP contribution is -2.36. The summed E-state index contributed by atoms with van der Waals surface area (Å²) >= 11 is 5.92. The highest BCUT2D eigenvalue weighted by atomic mass is 35.5. The molecular weight excluding hydrogens is 206 g/mol. The highest BCUT2D eigenvalue weighted by Crippen LogP contribution is 2.35. The standard InChI is InChI=1S/C13H18ClN/c1-2-8-13(9-3-10-15-13)11-4-6-12(14)7-5-11/h4-7,15H,2-3,8-10H2,1H3. The summed E-state index contributed by atoms with van der Waals surface area (Å²) in [7, 11) is 0. The molecule has 2 rings (SSSR count). The van der Waals surface area contributed by atoms with Crippen LogP contribution in [-0.4, -0.2) is 6.54 Å². The first-order chi connectivity index (χ1) is 7.27. The molecule has 1 N–H and O–H groups in total. The van der Waals surface area contributed by atoms with Crippen molar-refractivity contribution in [3.05, 3.63) is 34.9 Å². The number of rotatable bonds is 3. The van der Waals surface area contributed by atoms with Crippen LogP contribution in [0.25, 0.3) is 0 Å². The van der Waals surface area contributed by atoms with Crippen molar-refractivity contribution in [2.75, 3.05) is 6.54 Å². The van der Waals surface area contributed by atoms with Crippen LogP contribution >= 0.6 is 11.6 Å². The lowest BCUT2D eigenvalue weighted by atomic mass is 9.84. The summed E-state index contributed by atoms with van der Waals surface area (Å²) in [6.07, 6.45) is 4.97. The van der Waals surface area contributed by atoms with Crippen molar-refractivity contribution < 1.29 is 0 Å². The van der Waals surface area contributed by atoms with Gasteiger partial charge in [0.2, 0.25) is 0 Å². The van der Waals surface area contributed by atoms with E-state index < -0.39 is 0 Å². The second-order valence-electron chi connectivity index (χ2n) is 4.37. The Hall–Kier alpha value is -0.530. The van der Waals surface area contributed by atoms with E-state index in [4.69, 9.17) is 11.6 Å². The second kappa shape index (κ2) is 4.54. The van der Waals surface area contributed by atoms with Crippen LogP contribution in [-0.2, 0) is 5.54 Å². The van der Waals surface area contributed by atoms with Gasteiger partial charge in [0.25, 0.3) is 0 Å². The fourth-order valence-corrected chi connectivity index (χ4v) is 2.73. The first-order valence-corrected chi connectivity index (χ1v) is 6.16. The maximum atomic E-state index is 5.92. The molecule has 1 aromatic carbocycles. The van der Waals surface area contributed by atoms with Gasteiger partial charge >= 0.3 is 0 Å². The molecule has 0 aromatic heterocycles. The first-order valence-electron chi connectivity index (χ1n) is 5.78. The van der Waals surface area contributed by atoms with Crippen molar-refractivity contribution >= 4 is 11.6 Å². The van der Waals surface area contributed by atoms with Gasteiger partial charge in [-0.2, -0.15) is 0 Å². The molecule has 82 valence electrons. The molecule has 1 aliphatic rings. The number of hydrogen-bond donors (Lipinski definition) is 1. The SMILES string of the molecule is CCCC1(c2ccc(Cl)cc2)CCCN1. The molecule has 0 radical (unpaired) electrons. The molecule has 0 aliphatic carbocycles. The Morgan fingerprint density at radius 3 is 2.60 bits per heavy atom. The number of halogens is 1. The van der Waals surface area contributed by atoms with E-state index in [1.165, 1.54) is 31.2 Å². The normalized spacial score (nSPS) is 25.7. The van der Waals surface area contributed by atoms with E-state index >= 15 is 0 Å². The fraction of sp³-hybridized carbons (Fsp3) is 0.538. The summed E-state index contributed by atoms with van der Waals surface area (Å²) in [6, 6.07) is 8.31. The molecule has 2 heteroatoms. The number of hydrogen-bond acceptors (Lipinski definition) is 1. The molecule has 15 heavy (non-hydrogen) atoms. The van der Waals surface area contributed by atoms with Crippen molar-refractivity contribution in [1.29, 1.82) is 0 Å². The fourth-order valence-electron chi connectivity index (χ4n) is 2.61. The number of benzene rings is 1. The molecule has 1 aromatic rings. The van der Waals surface area contributed by atoms with E-state index in [0.29, 0.717) is 0 Å². The van der Waals surface area contributed by atoms with E-state index in [9.17, 15) is 0 Å². The zero-order valence-electron chi connectivity index (χ0n) is 9.22. The van der Waals surface area contributed by atoms with Crippen LogP contribution < -0.4 is 5.32 Å². The Morgan fingerprint density at radius 2 is 2.07 bits per heavy atom. The minimum absolute atomic E-state index is 0.222. The van der Waals surface area contributed by atoms with Gasteiger partial charge in [-0.05, 0) is 43.5 Å². The zero-order valence-corrected chi connectivity index (χ0v) is 9.98. The molecule has 1 fully saturated rings. The lowest BCUT2D eigenvalue weighted by Gasteiger charge is -2.30. The maximum absolute atomic E-state index is 5.92. The van der Waals surface area contributed by atoms with Crippen molar-refractivity contribution in [2.45, 2.75) is 38.1 Å². The average molecular weight is 224 g/mol. The summed E-state index contributed by atoms with van der Waals surface area (Å²) in [5.41, 5.74) is 1.62. The third-order valence-corrected chi connectivity index (χ3v) is 3.57. The molecule has 0 spiro atoms. The average Bonchev–Trinajstić information content (AvgIpc) is 2.69. The first kappa shape index (κ1) is 11.0. The predicted octanol–water partition coefficient (Wildman–Crippen LogP) is 3.72. The van der Waals surface area contributed by atoms with Gasteiger partial charge in [-0.25, -0.2) is 0 Å². The van der Waals surface area contributed by atoms with Gasteiger partial charge in [-0.3, -0.25) is 0 Å². The summed E-state index contributed by atoms with van der Waals surface area (Å²) < 4.78 is 0. The molecule has 0 saturated carbocycles. The van der Waals surface area contributed by atoms with Crippen LogP contribution in [0.3, 0.4) is 0 Å². The van der Waals surface area contributed by atoms with Crippen LogP contribution in [0.4, 0.5) is 0 Å². The minimum Gasteiger partial charge on any atom is -0.307 e. The molecule has 1 saturated heterocycles. The van der Waals surface area contributed by atoms with Crippen molar-refractivity contribution in [1.82, 2.24) is 5.32 Å². The monoisotopic (exact) mass is 223 g/mol. The highest BCUT2D eigenvalue weighted by Gasteiger charge is 2.33. The third kappa shape index (κ3) is 2.19. The van der Waals surface area contributed by atoms with Gasteiger partial charge in [0.05, 0.1) is 0 Å². The van der Waals surface area contributed by atoms with Gasteiger partial charge < -0.3 is 5.32 Å². The Kier molecular flexibility index (Phi) is 3.32. The maximum Gasteiger partial charge on any atom is 0.0435 e. The Morgan fingerprint density at radius 1 is 1.33 bits per heavy atom. The topological polar surface area (TPSA) is 12.0 Å². The quantitative estimate of drug-likeness (QED) is 0.824. The van der Waals surface area contributed by atoms with Crippen LogP contribution in [0.15, 0.2) is 24.3 Å². The minimum atomic E-state index is 0.222. The summed E-state index contributed by atoms with van der Waals surface area (Å²) in [4.78, 5) is 0. The van der Waals surface area contributed by atoms with Crippen LogP contribution in [0, 0.1) is 0 Å². The van der Waals surface area contributed by atoms with E-state index in [1.54, 1.807) is 0 Å². The smallest absolute Gasteiger partial charge is 0.0435 e. The second-order valence-corrected chi connectivity index (χ2v) is 4.81. The molecule has 0 bridgehead atoms. The van der Waals surface area contributed by atoms with Crippen molar-refractivity contribution in [2.24, 2.45) is 0 Å². The van der Waals surface area contributed by atoms with Gasteiger partial charge in [0, 0.05) is 10.6 Å². The molecule has 1 heterocycles. The molecule has 0 amide bonds. The van der Waals surface area contributed by atoms with Crippen LogP contribution in [0.1, 0.15) is 38.2 Å². The van der Waals surface area contributed by atoms with Gasteiger partial charge in [0.15, 0.2) is 0 Å². The summed E-state index contributed by atoms with van der Waals surface area (Å²) in [5.74, 6) is 0. The zero-order chi connectivity index (χ0) is 10.7. The molecule has 1 atom stereocenters. The Balaban J connectivity index is 2.28. The van der Waals surface area contributed by atoms with Gasteiger partial charge in [0.1, 0.15) is 0 Å². The highest BCUT2D eigenvalue weighted by molar-refractivity contribution is 6.30. The predicted molar refractivity (Wildman–Crippen MR) is 65.3 cm³/mol. The lowest BCUT2D eigenvalue weighted by molar-refractivity contribution is 0.356. The van der Waals surface area contributed by atoms with E-state index in [1.807, 2.05) is 12.1 Å². The Labute approximate surface area is 96.8 Å². The Bertz CT molecular complexity index is 312. The van der Waals surface area contributed by atoms with E-state index in [0.717, 1.165) is 11.6 Å². The van der Waals surface area contributed by atoms with Crippen molar-refractivity contribution in [3.63, 3.8) is 0 Å². The summed E-state index contributed by atoms with van der Waals surface area (Å²) in [5, 5.41) is 4.49. The van der Waals surface area contributed by atoms with Gasteiger partial charge in [-0.1, -0.05) is 37.1 Å². The van der Waals surface area contributed by atoms with Gasteiger partial charge in [-0.15, -0.1) is 0 Å². The number of nitrogens with one attached hydrogen (secondary N) is 1. The van der Waals surface area contributed by atoms with E-state index in [-0.39, 0.29) is 5.54 Å². The van der Waals surface area contributed by atoms with E-state index in [2.05, 4.69) is 24.4 Å². The largest absolute Gasteiger partial charge is 0.307 e. The molecule has 1 unspecified atom stereocenters. The third-order valence-electron chi connectivity index (χ3n) is 3.32. The summed E-state index contributed by atoms with van der Waals surface area (Å²) in [6.45, 7) is 3.39. The molecule has 1 nitrogen and oxygen atoms in total. The van der Waals surface area contributed by atoms with Crippen LogP contribution in [0.5, 0.6) is 0 Å². The van der Waals surface area contributed by atoms with Crippen LogP contribution in [0.2, 0.25) is 5.02 Å². The van der Waals surface area contributed by atoms with Crippen molar-refractivity contribution in [3.8, 4) is 0 Å². The molecule has 1 aliphatic heterocycles. The molecular formula is C13H18ClN.